The Hall–Kier alpha value is -3.12. The summed E-state index contributed by atoms with van der Waals surface area (Å²) in [7, 11) is 0. The molecule has 0 aliphatic heterocycles. The van der Waals surface area contributed by atoms with Crippen LogP contribution in [0.4, 0.5) is 0 Å². The van der Waals surface area contributed by atoms with Crippen LogP contribution in [0.3, 0.4) is 0 Å². The van der Waals surface area contributed by atoms with Crippen molar-refractivity contribution < 1.29 is 0 Å². The van der Waals surface area contributed by atoms with Crippen molar-refractivity contribution in [1.82, 2.24) is 0 Å². The molecule has 0 amide bonds. The Kier molecular flexibility index (Phi) is 8.32. The number of rotatable bonds is 0. The number of aryl methyl sites for hydroxylation is 2. The number of fused-ring (bicyclic) bond motifs is 3. The number of allylic oxidation sites excluding steroid dienone is 12. The normalized spacial score (nSPS) is 18.0. The third-order valence-corrected chi connectivity index (χ3v) is 6.36. The Bertz CT molecular complexity index is 1060. The van der Waals surface area contributed by atoms with Gasteiger partial charge in [0.1, 0.15) is 0 Å². The van der Waals surface area contributed by atoms with Gasteiger partial charge in [0.25, 0.3) is 0 Å². The lowest BCUT2D eigenvalue weighted by molar-refractivity contribution is 0.581. The van der Waals surface area contributed by atoms with E-state index in [1.54, 1.807) is 0 Å². The third-order valence-electron chi connectivity index (χ3n) is 6.36. The molecule has 0 saturated carbocycles. The van der Waals surface area contributed by atoms with E-state index < -0.39 is 0 Å². The lowest BCUT2D eigenvalue weighted by atomic mass is 9.95. The van der Waals surface area contributed by atoms with Gasteiger partial charge in [-0.05, 0) is 59.1 Å². The van der Waals surface area contributed by atoms with E-state index in [2.05, 4.69) is 109 Å². The first-order valence-corrected chi connectivity index (χ1v) is 12.2. The van der Waals surface area contributed by atoms with Crippen molar-refractivity contribution in [3.63, 3.8) is 0 Å². The highest BCUT2D eigenvalue weighted by Crippen LogP contribution is 2.22. The topological polar surface area (TPSA) is 0 Å². The molecular formula is C32H34. The average molecular weight is 419 g/mol. The van der Waals surface area contributed by atoms with E-state index in [4.69, 9.17) is 0 Å². The van der Waals surface area contributed by atoms with Gasteiger partial charge in [0, 0.05) is 0 Å². The average Bonchev–Trinajstić information content (AvgIpc) is 2.96. The van der Waals surface area contributed by atoms with Crippen LogP contribution in [0.25, 0.3) is 12.2 Å². The van der Waals surface area contributed by atoms with Crippen molar-refractivity contribution in [2.24, 2.45) is 0 Å². The Balaban J connectivity index is 1.76. The molecule has 0 bridgehead atoms. The molecule has 0 aromatic heterocycles. The summed E-state index contributed by atoms with van der Waals surface area (Å²) < 4.78 is 0. The summed E-state index contributed by atoms with van der Waals surface area (Å²) in [4.78, 5) is 0. The van der Waals surface area contributed by atoms with E-state index >= 15 is 0 Å². The van der Waals surface area contributed by atoms with E-state index in [-0.39, 0.29) is 0 Å². The molecule has 32 heavy (non-hydrogen) atoms. The molecule has 3 aliphatic carbocycles. The highest BCUT2D eigenvalue weighted by molar-refractivity contribution is 5.70. The van der Waals surface area contributed by atoms with Gasteiger partial charge in [0.15, 0.2) is 0 Å². The zero-order valence-electron chi connectivity index (χ0n) is 19.0. The molecule has 0 fully saturated rings. The van der Waals surface area contributed by atoms with Gasteiger partial charge in [-0.25, -0.2) is 0 Å². The lowest BCUT2D eigenvalue weighted by Crippen LogP contribution is -1.96. The molecule has 0 heteroatoms. The van der Waals surface area contributed by atoms with Crippen LogP contribution in [0.1, 0.15) is 60.8 Å². The quantitative estimate of drug-likeness (QED) is 0.395. The highest BCUT2D eigenvalue weighted by atomic mass is 14.1. The maximum Gasteiger partial charge on any atom is -0.0184 e. The fourth-order valence-electron chi connectivity index (χ4n) is 4.51. The Morgan fingerprint density at radius 3 is 1.72 bits per heavy atom. The smallest absolute Gasteiger partial charge is 0.0184 e. The second-order valence-electron chi connectivity index (χ2n) is 8.70. The summed E-state index contributed by atoms with van der Waals surface area (Å²) in [5, 5.41) is 0. The molecule has 4 rings (SSSR count). The van der Waals surface area contributed by atoms with E-state index in [0.29, 0.717) is 0 Å². The summed E-state index contributed by atoms with van der Waals surface area (Å²) in [5.74, 6) is 0. The van der Waals surface area contributed by atoms with Gasteiger partial charge < -0.3 is 0 Å². The predicted octanol–water partition coefficient (Wildman–Crippen LogP) is 8.83. The first-order chi connectivity index (χ1) is 15.9. The fraction of sp³-hybridized carbons (Fsp3) is 0.250. The minimum Gasteiger partial charge on any atom is -0.0623 e. The highest BCUT2D eigenvalue weighted by Gasteiger charge is 2.04. The second kappa shape index (κ2) is 12.1. The predicted molar refractivity (Wildman–Crippen MR) is 141 cm³/mol. The van der Waals surface area contributed by atoms with Gasteiger partial charge in [-0.1, -0.05) is 135 Å². The minimum atomic E-state index is 1.19. The Morgan fingerprint density at radius 1 is 0.406 bits per heavy atom. The maximum atomic E-state index is 2.36. The molecule has 0 unspecified atom stereocenters. The Labute approximate surface area is 194 Å². The van der Waals surface area contributed by atoms with Crippen LogP contribution in [0.15, 0.2) is 108 Å². The molecule has 162 valence electrons. The van der Waals surface area contributed by atoms with Crippen LogP contribution in [-0.2, 0) is 12.8 Å². The SMILES string of the molecule is C1=CC=CC2=CC=Cc3cccc4c(cccc3C=CC2=CC=C1)CCCCCCCC4. The monoisotopic (exact) mass is 418 g/mol. The van der Waals surface area contributed by atoms with Gasteiger partial charge >= 0.3 is 0 Å². The largest absolute Gasteiger partial charge is 0.0623 e. The molecule has 0 N–H and O–H groups in total. The van der Waals surface area contributed by atoms with E-state index in [0.717, 1.165) is 0 Å². The van der Waals surface area contributed by atoms with Gasteiger partial charge in [-0.2, -0.15) is 0 Å². The van der Waals surface area contributed by atoms with Crippen LogP contribution in [-0.4, -0.2) is 0 Å². The van der Waals surface area contributed by atoms with Crippen LogP contribution in [0, 0.1) is 0 Å². The molecule has 0 nitrogen and oxygen atoms in total. The summed E-state index contributed by atoms with van der Waals surface area (Å²) in [5.41, 5.74) is 7.92. The summed E-state index contributed by atoms with van der Waals surface area (Å²) >= 11 is 0. The van der Waals surface area contributed by atoms with Crippen molar-refractivity contribution in [2.75, 3.05) is 0 Å². The van der Waals surface area contributed by atoms with Crippen LogP contribution in [0.2, 0.25) is 0 Å². The molecule has 0 heterocycles. The Morgan fingerprint density at radius 2 is 0.969 bits per heavy atom. The third kappa shape index (κ3) is 6.44. The van der Waals surface area contributed by atoms with E-state index in [1.165, 1.54) is 84.8 Å². The molecular weight excluding hydrogens is 384 g/mol. The maximum absolute atomic E-state index is 2.36. The van der Waals surface area contributed by atoms with Gasteiger partial charge in [-0.3, -0.25) is 0 Å². The number of hydrogen-bond donors (Lipinski definition) is 0. The summed E-state index contributed by atoms with van der Waals surface area (Å²) in [6.07, 6.45) is 36.3. The van der Waals surface area contributed by atoms with Crippen molar-refractivity contribution >= 4 is 12.2 Å². The zero-order chi connectivity index (χ0) is 21.8. The molecule has 1 aromatic carbocycles. The first-order valence-electron chi connectivity index (χ1n) is 12.2. The molecule has 3 aliphatic rings. The van der Waals surface area contributed by atoms with E-state index in [9.17, 15) is 0 Å². The van der Waals surface area contributed by atoms with Crippen molar-refractivity contribution in [1.29, 1.82) is 0 Å². The standard InChI is InChI=1S/C32H34/c1-2-5-9-16-28-20-14-24-32-26-25-31-18-11-7-3-6-10-17-29(31)21-13-23-30(32)22-12-19-27(28)15-8-4-1/h3,6-7,10-14,17-26H,1-2,4-5,8-9,15-16H2. The summed E-state index contributed by atoms with van der Waals surface area (Å²) in [6, 6.07) is 13.8. The molecule has 0 spiro atoms. The van der Waals surface area contributed by atoms with Crippen molar-refractivity contribution in [3.8, 4) is 0 Å². The zero-order valence-corrected chi connectivity index (χ0v) is 19.0. The number of hydrogen-bond acceptors (Lipinski definition) is 0. The molecule has 0 radical (unpaired) electrons. The summed E-state index contributed by atoms with van der Waals surface area (Å²) in [6.45, 7) is 0. The second-order valence-corrected chi connectivity index (χ2v) is 8.70. The van der Waals surface area contributed by atoms with E-state index in [1.807, 2.05) is 0 Å². The molecule has 1 aromatic rings. The van der Waals surface area contributed by atoms with Crippen molar-refractivity contribution in [3.05, 3.63) is 131 Å². The van der Waals surface area contributed by atoms with Gasteiger partial charge in [0.2, 0.25) is 0 Å². The first kappa shape index (κ1) is 22.1. The lowest BCUT2D eigenvalue weighted by Gasteiger charge is -2.11. The minimum absolute atomic E-state index is 1.19. The van der Waals surface area contributed by atoms with Crippen LogP contribution >= 0.6 is 0 Å². The van der Waals surface area contributed by atoms with Gasteiger partial charge in [0.05, 0.1) is 0 Å². The van der Waals surface area contributed by atoms with Crippen molar-refractivity contribution in [2.45, 2.75) is 51.4 Å². The molecule has 0 saturated heterocycles. The fourth-order valence-corrected chi connectivity index (χ4v) is 4.51. The van der Waals surface area contributed by atoms with Gasteiger partial charge in [-0.15, -0.1) is 0 Å². The van der Waals surface area contributed by atoms with Crippen LogP contribution < -0.4 is 0 Å². The van der Waals surface area contributed by atoms with Crippen LogP contribution in [0.5, 0.6) is 0 Å². The molecule has 0 atom stereocenters.